The largest absolute Gasteiger partial charge is 0.469 e. The summed E-state index contributed by atoms with van der Waals surface area (Å²) in [5, 5.41) is 6.39. The Morgan fingerprint density at radius 3 is 2.28 bits per heavy atom. The number of hydrogen-bond donors (Lipinski definition) is 2. The van der Waals surface area contributed by atoms with E-state index in [1.807, 2.05) is 4.90 Å². The predicted molar refractivity (Wildman–Crippen MR) is 108 cm³/mol. The van der Waals surface area contributed by atoms with E-state index < -0.39 is 0 Å². The molecule has 3 amide bonds. The Hall–Kier alpha value is -1.79. The Labute approximate surface area is 173 Å². The lowest BCUT2D eigenvalue weighted by atomic mass is 9.53. The number of nitrogens with zero attached hydrogens (tertiary/aromatic N) is 1. The Morgan fingerprint density at radius 2 is 1.66 bits per heavy atom. The fourth-order valence-electron chi connectivity index (χ4n) is 6.76. The van der Waals surface area contributed by atoms with Gasteiger partial charge in [-0.15, -0.1) is 0 Å². The van der Waals surface area contributed by atoms with Crippen LogP contribution in [0.4, 0.5) is 4.79 Å². The molecule has 7 nitrogen and oxygen atoms in total. The van der Waals surface area contributed by atoms with E-state index in [-0.39, 0.29) is 42.3 Å². The first-order valence-corrected chi connectivity index (χ1v) is 11.4. The molecule has 0 radical (unpaired) electrons. The molecule has 4 aliphatic carbocycles. The summed E-state index contributed by atoms with van der Waals surface area (Å²) in [5.41, 5.74) is 0.00141. The average Bonchev–Trinajstić information content (AvgIpc) is 2.69. The van der Waals surface area contributed by atoms with Crippen LogP contribution in [0.2, 0.25) is 0 Å². The van der Waals surface area contributed by atoms with Gasteiger partial charge in [0.05, 0.1) is 13.5 Å². The van der Waals surface area contributed by atoms with Gasteiger partial charge in [-0.05, 0) is 75.5 Å². The first-order chi connectivity index (χ1) is 14.0. The number of esters is 1. The number of nitrogens with one attached hydrogen (secondary N) is 2. The molecule has 0 spiro atoms. The lowest BCUT2D eigenvalue weighted by Gasteiger charge is -2.56. The molecule has 1 unspecified atom stereocenters. The summed E-state index contributed by atoms with van der Waals surface area (Å²) in [6.07, 6.45) is 10.7. The van der Waals surface area contributed by atoms with E-state index in [4.69, 9.17) is 0 Å². The highest BCUT2D eigenvalue weighted by atomic mass is 16.5. The Morgan fingerprint density at radius 1 is 1.00 bits per heavy atom. The van der Waals surface area contributed by atoms with Crippen molar-refractivity contribution in [3.05, 3.63) is 0 Å². The minimum Gasteiger partial charge on any atom is -0.469 e. The number of urea groups is 1. The molecule has 0 aromatic carbocycles. The summed E-state index contributed by atoms with van der Waals surface area (Å²) in [6, 6.07) is -0.0736. The average molecular weight is 406 g/mol. The van der Waals surface area contributed by atoms with Gasteiger partial charge in [0.2, 0.25) is 5.91 Å². The molecule has 1 atom stereocenters. The normalized spacial score (nSPS) is 35.3. The maximum atomic E-state index is 12.7. The molecule has 5 rings (SSSR count). The fraction of sp³-hybridized carbons (Fsp3) is 0.864. The van der Waals surface area contributed by atoms with Gasteiger partial charge in [-0.2, -0.15) is 0 Å². The number of piperidine rings is 1. The van der Waals surface area contributed by atoms with E-state index in [1.165, 1.54) is 26.4 Å². The van der Waals surface area contributed by atoms with E-state index >= 15 is 0 Å². The van der Waals surface area contributed by atoms with Crippen LogP contribution >= 0.6 is 0 Å². The summed E-state index contributed by atoms with van der Waals surface area (Å²) in [7, 11) is 1.34. The number of methoxy groups -OCH3 is 1. The molecular formula is C22H35N3O4. The number of carbonyl (C=O) groups excluding carboxylic acids is 3. The highest BCUT2D eigenvalue weighted by Gasteiger charge is 2.51. The van der Waals surface area contributed by atoms with Crippen LogP contribution < -0.4 is 10.6 Å². The third-order valence-corrected chi connectivity index (χ3v) is 7.63. The van der Waals surface area contributed by atoms with Crippen LogP contribution in [0.1, 0.15) is 70.6 Å². The monoisotopic (exact) mass is 405 g/mol. The zero-order chi connectivity index (χ0) is 20.4. The van der Waals surface area contributed by atoms with Crippen molar-refractivity contribution >= 4 is 17.9 Å². The molecule has 4 bridgehead atoms. The zero-order valence-corrected chi connectivity index (χ0v) is 17.6. The molecular weight excluding hydrogens is 370 g/mol. The SMILES string of the molecule is COC(=O)CCC(=O)N1CCCCC1CNC(=O)NC12CC3CC(CC(C3)C1)C2. The molecule has 4 saturated carbocycles. The second-order valence-electron chi connectivity index (χ2n) is 9.85. The molecule has 1 aliphatic heterocycles. The number of likely N-dealkylation sites (tertiary alicyclic amines) is 1. The van der Waals surface area contributed by atoms with Crippen molar-refractivity contribution in [2.45, 2.75) is 82.2 Å². The van der Waals surface area contributed by atoms with Crippen molar-refractivity contribution in [2.24, 2.45) is 17.8 Å². The molecule has 0 aromatic heterocycles. The number of carbonyl (C=O) groups is 3. The molecule has 162 valence electrons. The number of rotatable bonds is 6. The molecule has 5 fully saturated rings. The van der Waals surface area contributed by atoms with Crippen LogP contribution in [-0.2, 0) is 14.3 Å². The smallest absolute Gasteiger partial charge is 0.315 e. The quantitative estimate of drug-likeness (QED) is 0.665. The van der Waals surface area contributed by atoms with Gasteiger partial charge in [-0.1, -0.05) is 0 Å². The summed E-state index contributed by atoms with van der Waals surface area (Å²) in [4.78, 5) is 38.5. The second kappa shape index (κ2) is 8.52. The zero-order valence-electron chi connectivity index (χ0n) is 17.6. The van der Waals surface area contributed by atoms with E-state index in [0.717, 1.165) is 56.3 Å². The molecule has 29 heavy (non-hydrogen) atoms. The minimum atomic E-state index is -0.361. The van der Waals surface area contributed by atoms with Crippen LogP contribution in [0.3, 0.4) is 0 Å². The van der Waals surface area contributed by atoms with Gasteiger partial charge in [-0.3, -0.25) is 9.59 Å². The van der Waals surface area contributed by atoms with Gasteiger partial charge < -0.3 is 20.3 Å². The van der Waals surface area contributed by atoms with E-state index in [1.54, 1.807) is 0 Å². The predicted octanol–water partition coefficient (Wildman–Crippen LogP) is 2.59. The highest BCUT2D eigenvalue weighted by molar-refractivity contribution is 5.81. The van der Waals surface area contributed by atoms with Crippen LogP contribution in [-0.4, -0.2) is 54.6 Å². The standard InChI is InChI=1S/C22H35N3O4/c1-29-20(27)6-5-19(26)25-7-3-2-4-18(25)14-23-21(28)24-22-11-15-8-16(12-22)10-17(9-15)13-22/h15-18H,2-14H2,1H3,(H2,23,24,28). The Kier molecular flexibility index (Phi) is 6.02. The van der Waals surface area contributed by atoms with E-state index in [9.17, 15) is 14.4 Å². The van der Waals surface area contributed by atoms with Gasteiger partial charge in [0.25, 0.3) is 0 Å². The van der Waals surface area contributed by atoms with Crippen molar-refractivity contribution in [1.29, 1.82) is 0 Å². The summed E-state index contributed by atoms with van der Waals surface area (Å²) >= 11 is 0. The summed E-state index contributed by atoms with van der Waals surface area (Å²) in [5.74, 6) is 2.00. The van der Waals surface area contributed by atoms with E-state index in [2.05, 4.69) is 15.4 Å². The molecule has 7 heteroatoms. The van der Waals surface area contributed by atoms with Crippen molar-refractivity contribution < 1.29 is 19.1 Å². The van der Waals surface area contributed by atoms with Crippen molar-refractivity contribution in [1.82, 2.24) is 15.5 Å². The molecule has 2 N–H and O–H groups in total. The Balaban J connectivity index is 1.27. The molecule has 0 aromatic rings. The number of hydrogen-bond acceptors (Lipinski definition) is 4. The lowest BCUT2D eigenvalue weighted by molar-refractivity contribution is -0.144. The van der Waals surface area contributed by atoms with Crippen LogP contribution in [0.25, 0.3) is 0 Å². The summed E-state index contributed by atoms with van der Waals surface area (Å²) < 4.78 is 4.63. The topological polar surface area (TPSA) is 87.7 Å². The van der Waals surface area contributed by atoms with Crippen molar-refractivity contribution in [3.8, 4) is 0 Å². The van der Waals surface area contributed by atoms with Gasteiger partial charge in [0, 0.05) is 31.1 Å². The van der Waals surface area contributed by atoms with Gasteiger partial charge >= 0.3 is 12.0 Å². The van der Waals surface area contributed by atoms with Crippen molar-refractivity contribution in [2.75, 3.05) is 20.2 Å². The van der Waals surface area contributed by atoms with E-state index in [0.29, 0.717) is 13.1 Å². The first-order valence-electron chi connectivity index (χ1n) is 11.4. The fourth-order valence-corrected chi connectivity index (χ4v) is 6.76. The number of amides is 3. The first kappa shape index (κ1) is 20.5. The third-order valence-electron chi connectivity index (χ3n) is 7.63. The second-order valence-corrected chi connectivity index (χ2v) is 9.85. The molecule has 1 heterocycles. The summed E-state index contributed by atoms with van der Waals surface area (Å²) in [6.45, 7) is 1.17. The maximum Gasteiger partial charge on any atom is 0.315 e. The van der Waals surface area contributed by atoms with Crippen LogP contribution in [0, 0.1) is 17.8 Å². The van der Waals surface area contributed by atoms with Crippen molar-refractivity contribution in [3.63, 3.8) is 0 Å². The van der Waals surface area contributed by atoms with Crippen LogP contribution in [0.5, 0.6) is 0 Å². The molecule has 5 aliphatic rings. The maximum absolute atomic E-state index is 12.7. The number of ether oxygens (including phenoxy) is 1. The Bertz CT molecular complexity index is 615. The van der Waals surface area contributed by atoms with Gasteiger partial charge in [-0.25, -0.2) is 4.79 Å². The molecule has 1 saturated heterocycles. The highest BCUT2D eigenvalue weighted by Crippen LogP contribution is 2.55. The van der Waals surface area contributed by atoms with Crippen LogP contribution in [0.15, 0.2) is 0 Å². The minimum absolute atomic E-state index is 0.00141. The lowest BCUT2D eigenvalue weighted by Crippen LogP contribution is -2.62. The van der Waals surface area contributed by atoms with Gasteiger partial charge in [0.15, 0.2) is 0 Å². The third kappa shape index (κ3) is 4.69. The van der Waals surface area contributed by atoms with Gasteiger partial charge in [0.1, 0.15) is 0 Å².